The summed E-state index contributed by atoms with van der Waals surface area (Å²) in [4.78, 5) is 29.4. The summed E-state index contributed by atoms with van der Waals surface area (Å²) in [6, 6.07) is 8.27. The molecule has 218 valence electrons. The molecule has 3 atom stereocenters. The summed E-state index contributed by atoms with van der Waals surface area (Å²) in [7, 11) is 0.747. The fraction of sp³-hybridized carbons (Fsp3) is 0.452. The summed E-state index contributed by atoms with van der Waals surface area (Å²) in [5, 5.41) is 3.22. The number of aromatic nitrogens is 1. The third-order valence-electron chi connectivity index (χ3n) is 7.21. The number of hydrogen-bond acceptors (Lipinski definition) is 6. The summed E-state index contributed by atoms with van der Waals surface area (Å²) in [5.41, 5.74) is 1.78. The molecule has 1 amide bonds. The lowest BCUT2D eigenvalue weighted by molar-refractivity contribution is -0.144. The largest absolute Gasteiger partial charge is 0.495 e. The topological polar surface area (TPSA) is 86.8 Å². The Bertz CT molecular complexity index is 1180. The Kier molecular flexibility index (Phi) is 12.6. The maximum Gasteiger partial charge on any atom is 0.328 e. The van der Waals surface area contributed by atoms with Crippen LogP contribution in [0, 0.1) is 5.92 Å². The molecule has 9 heteroatoms. The number of amides is 1. The van der Waals surface area contributed by atoms with E-state index in [4.69, 9.17) is 25.5 Å². The number of nitrogens with zero attached hydrogens (tertiary/aromatic N) is 1. The Morgan fingerprint density at radius 2 is 1.90 bits per heavy atom. The van der Waals surface area contributed by atoms with Crippen LogP contribution in [-0.2, 0) is 25.2 Å². The quantitative estimate of drug-likeness (QED) is 0.161. The number of halogens is 1. The molecule has 7 nitrogen and oxygen atoms in total. The second kappa shape index (κ2) is 15.2. The predicted molar refractivity (Wildman–Crippen MR) is 164 cm³/mol. The fourth-order valence-electron chi connectivity index (χ4n) is 3.72. The molecule has 1 aromatic carbocycles. The van der Waals surface area contributed by atoms with Gasteiger partial charge in [-0.3, -0.25) is 9.78 Å². The molecule has 0 radical (unpaired) electrons. The van der Waals surface area contributed by atoms with Crippen LogP contribution in [-0.4, -0.2) is 51.5 Å². The van der Waals surface area contributed by atoms with Gasteiger partial charge in [0.05, 0.1) is 25.3 Å². The van der Waals surface area contributed by atoms with Gasteiger partial charge in [-0.2, -0.15) is 0 Å². The number of ether oxygens (including phenoxy) is 2. The van der Waals surface area contributed by atoms with E-state index >= 15 is 0 Å². The maximum atomic E-state index is 12.8. The zero-order valence-electron chi connectivity index (χ0n) is 24.9. The van der Waals surface area contributed by atoms with E-state index in [0.29, 0.717) is 17.2 Å². The zero-order chi connectivity index (χ0) is 29.9. The van der Waals surface area contributed by atoms with E-state index in [1.54, 1.807) is 30.5 Å². The van der Waals surface area contributed by atoms with E-state index in [0.717, 1.165) is 11.1 Å². The minimum atomic E-state index is -2.08. The highest BCUT2D eigenvalue weighted by molar-refractivity contribution is 6.74. The molecule has 1 aromatic heterocycles. The van der Waals surface area contributed by atoms with Gasteiger partial charge in [-0.15, -0.1) is 0 Å². The van der Waals surface area contributed by atoms with E-state index in [9.17, 15) is 9.59 Å². The Labute approximate surface area is 245 Å². The van der Waals surface area contributed by atoms with E-state index in [1.807, 2.05) is 24.4 Å². The van der Waals surface area contributed by atoms with Crippen molar-refractivity contribution in [2.45, 2.75) is 70.8 Å². The average Bonchev–Trinajstić information content (AvgIpc) is 2.90. The molecule has 1 heterocycles. The Morgan fingerprint density at radius 3 is 2.48 bits per heavy atom. The third kappa shape index (κ3) is 10.2. The number of methoxy groups -OCH3 is 2. The average molecular weight is 587 g/mol. The first-order valence-corrected chi connectivity index (χ1v) is 16.7. The van der Waals surface area contributed by atoms with Crippen molar-refractivity contribution in [1.82, 2.24) is 10.3 Å². The van der Waals surface area contributed by atoms with Gasteiger partial charge < -0.3 is 19.2 Å². The molecule has 0 fully saturated rings. The predicted octanol–water partition coefficient (Wildman–Crippen LogP) is 6.63. The lowest BCUT2D eigenvalue weighted by Crippen LogP contribution is -2.45. The second-order valence-electron chi connectivity index (χ2n) is 11.3. The molecule has 0 saturated carbocycles. The van der Waals surface area contributed by atoms with Crippen LogP contribution in [0.25, 0.3) is 6.08 Å². The molecule has 0 unspecified atom stereocenters. The number of hydrogen-bond donors (Lipinski definition) is 1. The normalized spacial score (nSPS) is 14.6. The van der Waals surface area contributed by atoms with Crippen molar-refractivity contribution in [2.24, 2.45) is 5.92 Å². The molecule has 0 aliphatic carbocycles. The molecule has 0 saturated heterocycles. The van der Waals surface area contributed by atoms with Crippen LogP contribution in [0.3, 0.4) is 0 Å². The molecule has 2 aromatic rings. The summed E-state index contributed by atoms with van der Waals surface area (Å²) in [6.45, 7) is 13.2. The monoisotopic (exact) mass is 586 g/mol. The zero-order valence-corrected chi connectivity index (χ0v) is 26.6. The third-order valence-corrected chi connectivity index (χ3v) is 12.0. The van der Waals surface area contributed by atoms with E-state index in [2.05, 4.69) is 57.2 Å². The molecule has 0 aliphatic heterocycles. The minimum absolute atomic E-state index is 0.0389. The first-order valence-electron chi connectivity index (χ1n) is 13.4. The van der Waals surface area contributed by atoms with Crippen molar-refractivity contribution in [3.63, 3.8) is 0 Å². The molecular weight excluding hydrogens is 544 g/mol. The van der Waals surface area contributed by atoms with Crippen molar-refractivity contribution in [1.29, 1.82) is 0 Å². The van der Waals surface area contributed by atoms with Crippen LogP contribution in [0.5, 0.6) is 5.75 Å². The number of esters is 1. The van der Waals surface area contributed by atoms with Crippen LogP contribution < -0.4 is 10.1 Å². The Morgan fingerprint density at radius 1 is 1.18 bits per heavy atom. The highest BCUT2D eigenvalue weighted by atomic mass is 35.5. The van der Waals surface area contributed by atoms with E-state index in [1.165, 1.54) is 20.3 Å². The number of carbonyl (C=O) groups is 2. The van der Waals surface area contributed by atoms with Crippen molar-refractivity contribution in [2.75, 3.05) is 14.2 Å². The fourth-order valence-corrected chi connectivity index (χ4v) is 5.43. The van der Waals surface area contributed by atoms with Gasteiger partial charge in [0.1, 0.15) is 11.8 Å². The van der Waals surface area contributed by atoms with Crippen LogP contribution in [0.4, 0.5) is 0 Å². The molecule has 0 bridgehead atoms. The van der Waals surface area contributed by atoms with Crippen LogP contribution in [0.15, 0.2) is 61.0 Å². The second-order valence-corrected chi connectivity index (χ2v) is 16.5. The summed E-state index contributed by atoms with van der Waals surface area (Å²) < 4.78 is 16.9. The van der Waals surface area contributed by atoms with Gasteiger partial charge in [0.15, 0.2) is 8.32 Å². The molecular formula is C31H43ClN2O5Si. The van der Waals surface area contributed by atoms with Gasteiger partial charge in [0.25, 0.3) is 0 Å². The van der Waals surface area contributed by atoms with Gasteiger partial charge >= 0.3 is 5.97 Å². The number of rotatable bonds is 13. The van der Waals surface area contributed by atoms with Crippen LogP contribution in [0.1, 0.15) is 45.2 Å². The van der Waals surface area contributed by atoms with Crippen molar-refractivity contribution >= 4 is 37.9 Å². The highest BCUT2D eigenvalue weighted by Crippen LogP contribution is 2.38. The SMILES string of the molecule is COC(=O)[C@@H](Cc1ccc(OC)c(Cl)c1)NC(=O)/C=C/C[C@H](O[Si](C)(C)C(C)(C)C)[C@H](C)/C=C/c1cccnc1. The number of benzene rings is 1. The summed E-state index contributed by atoms with van der Waals surface area (Å²) in [5.74, 6) is -0.308. The lowest BCUT2D eigenvalue weighted by atomic mass is 10.0. The van der Waals surface area contributed by atoms with Gasteiger partial charge in [-0.25, -0.2) is 4.79 Å². The van der Waals surface area contributed by atoms with Gasteiger partial charge in [0, 0.05) is 18.8 Å². The van der Waals surface area contributed by atoms with Gasteiger partial charge in [-0.1, -0.05) is 69.7 Å². The van der Waals surface area contributed by atoms with E-state index < -0.39 is 20.3 Å². The molecule has 2 rings (SSSR count). The Hall–Kier alpha value is -2.94. The van der Waals surface area contributed by atoms with Crippen molar-refractivity contribution in [3.8, 4) is 5.75 Å². The lowest BCUT2D eigenvalue weighted by Gasteiger charge is -2.40. The first-order chi connectivity index (χ1) is 18.8. The molecule has 1 N–H and O–H groups in total. The van der Waals surface area contributed by atoms with Gasteiger partial charge in [-0.05, 0) is 65.9 Å². The van der Waals surface area contributed by atoms with Crippen molar-refractivity contribution in [3.05, 3.63) is 77.1 Å². The molecule has 40 heavy (non-hydrogen) atoms. The maximum absolute atomic E-state index is 12.8. The van der Waals surface area contributed by atoms with E-state index in [-0.39, 0.29) is 29.4 Å². The molecule has 0 aliphatic rings. The Balaban J connectivity index is 2.14. The highest BCUT2D eigenvalue weighted by Gasteiger charge is 2.39. The summed E-state index contributed by atoms with van der Waals surface area (Å²) >= 11 is 6.23. The smallest absolute Gasteiger partial charge is 0.328 e. The van der Waals surface area contributed by atoms with Crippen LogP contribution >= 0.6 is 11.6 Å². The number of carbonyl (C=O) groups excluding carboxylic acids is 2. The van der Waals surface area contributed by atoms with Crippen molar-refractivity contribution < 1.29 is 23.5 Å². The molecule has 0 spiro atoms. The number of pyridine rings is 1. The standard InChI is InChI=1S/C31H43ClN2O5Si/c1-22(14-15-23-11-10-18-33-21-23)27(39-40(7,8)31(2,3)4)12-9-13-29(35)34-26(30(36)38-6)20-24-16-17-28(37-5)25(32)19-24/h9-11,13-19,21-22,26-27H,12,20H2,1-8H3,(H,34,35)/b13-9+,15-14+/t22-,26-,27+/m1/s1. The van der Waals surface area contributed by atoms with Gasteiger partial charge in [0.2, 0.25) is 5.91 Å². The minimum Gasteiger partial charge on any atom is -0.495 e. The van der Waals surface area contributed by atoms with Crippen LogP contribution in [0.2, 0.25) is 23.2 Å². The summed E-state index contributed by atoms with van der Waals surface area (Å²) in [6.07, 6.45) is 11.6. The number of nitrogens with one attached hydrogen (secondary N) is 1. The first kappa shape index (κ1) is 33.3.